The maximum atomic E-state index is 12.8. The molecule has 1 atom stereocenters. The van der Waals surface area contributed by atoms with Crippen molar-refractivity contribution in [1.29, 1.82) is 0 Å². The van der Waals surface area contributed by atoms with Crippen LogP contribution in [0.2, 0.25) is 5.02 Å². The minimum absolute atomic E-state index is 0.0115. The number of aliphatic hydroxyl groups is 1. The third-order valence-corrected chi connectivity index (χ3v) is 7.05. The summed E-state index contributed by atoms with van der Waals surface area (Å²) in [5.74, 6) is -0.615. The van der Waals surface area contributed by atoms with Gasteiger partial charge in [-0.1, -0.05) is 30.9 Å². The molecule has 1 aliphatic heterocycles. The monoisotopic (exact) mass is 482 g/mol. The number of aromatic nitrogens is 1. The zero-order valence-electron chi connectivity index (χ0n) is 20.0. The highest BCUT2D eigenvalue weighted by Crippen LogP contribution is 2.50. The van der Waals surface area contributed by atoms with Gasteiger partial charge in [-0.15, -0.1) is 0 Å². The average Bonchev–Trinajstić information content (AvgIpc) is 2.72. The van der Waals surface area contributed by atoms with E-state index < -0.39 is 28.1 Å². The van der Waals surface area contributed by atoms with Gasteiger partial charge in [0, 0.05) is 30.8 Å². The molecule has 2 aliphatic rings. The number of esters is 1. The van der Waals surface area contributed by atoms with Gasteiger partial charge in [0.15, 0.2) is 0 Å². The Kier molecular flexibility index (Phi) is 7.49. The fourth-order valence-corrected chi connectivity index (χ4v) is 5.29. The first-order chi connectivity index (χ1) is 15.4. The second kappa shape index (κ2) is 9.66. The van der Waals surface area contributed by atoms with E-state index in [1.165, 1.54) is 16.8 Å². The van der Waals surface area contributed by atoms with Gasteiger partial charge < -0.3 is 24.0 Å². The summed E-state index contributed by atoms with van der Waals surface area (Å²) < 4.78 is 12.0. The standard InChI is InChI=1S/C24H35ClN2O6/c1-5-32-20(29)17-14-27(19(28)13-18(17)25)16-24(31)11-12-26(21(30)33-22(2,3)4)15-23(24)9-7-6-8-10-23/h13-14,31H,5-12,15-16H2,1-4H3. The third-order valence-electron chi connectivity index (χ3n) is 6.74. The van der Waals surface area contributed by atoms with Crippen molar-refractivity contribution < 1.29 is 24.2 Å². The molecule has 1 aliphatic carbocycles. The van der Waals surface area contributed by atoms with Crippen molar-refractivity contribution in [3.8, 4) is 0 Å². The highest BCUT2D eigenvalue weighted by atomic mass is 35.5. The summed E-state index contributed by atoms with van der Waals surface area (Å²) >= 11 is 6.12. The molecule has 1 unspecified atom stereocenters. The largest absolute Gasteiger partial charge is 0.462 e. The summed E-state index contributed by atoms with van der Waals surface area (Å²) in [4.78, 5) is 39.5. The number of hydrogen-bond donors (Lipinski definition) is 1. The van der Waals surface area contributed by atoms with E-state index in [1.807, 2.05) is 20.8 Å². The van der Waals surface area contributed by atoms with Crippen LogP contribution in [0, 0.1) is 5.41 Å². The minimum atomic E-state index is -1.23. The lowest BCUT2D eigenvalue weighted by Crippen LogP contribution is -2.63. The van der Waals surface area contributed by atoms with Gasteiger partial charge >= 0.3 is 12.1 Å². The fourth-order valence-electron chi connectivity index (χ4n) is 5.07. The van der Waals surface area contributed by atoms with Crippen molar-refractivity contribution in [3.63, 3.8) is 0 Å². The van der Waals surface area contributed by atoms with E-state index in [0.29, 0.717) is 19.5 Å². The maximum Gasteiger partial charge on any atom is 0.410 e. The van der Waals surface area contributed by atoms with Gasteiger partial charge in [0.05, 0.1) is 29.3 Å². The van der Waals surface area contributed by atoms with Crippen molar-refractivity contribution >= 4 is 23.7 Å². The van der Waals surface area contributed by atoms with Crippen LogP contribution in [0.5, 0.6) is 0 Å². The van der Waals surface area contributed by atoms with Crippen molar-refractivity contribution in [1.82, 2.24) is 9.47 Å². The Morgan fingerprint density at radius 2 is 1.85 bits per heavy atom. The van der Waals surface area contributed by atoms with Gasteiger partial charge in [-0.3, -0.25) is 4.79 Å². The Morgan fingerprint density at radius 3 is 2.45 bits per heavy atom. The minimum Gasteiger partial charge on any atom is -0.462 e. The molecular weight excluding hydrogens is 448 g/mol. The molecule has 9 heteroatoms. The second-order valence-corrected chi connectivity index (χ2v) is 10.7. The molecule has 184 valence electrons. The molecule has 1 saturated heterocycles. The van der Waals surface area contributed by atoms with Crippen LogP contribution >= 0.6 is 11.6 Å². The number of carbonyl (C=O) groups excluding carboxylic acids is 2. The van der Waals surface area contributed by atoms with Crippen LogP contribution in [0.25, 0.3) is 0 Å². The third kappa shape index (κ3) is 5.54. The fraction of sp³-hybridized carbons (Fsp3) is 0.708. The maximum absolute atomic E-state index is 12.8. The normalized spacial score (nSPS) is 22.8. The van der Waals surface area contributed by atoms with Gasteiger partial charge in [-0.25, -0.2) is 9.59 Å². The predicted molar refractivity (Wildman–Crippen MR) is 125 cm³/mol. The van der Waals surface area contributed by atoms with E-state index in [2.05, 4.69) is 0 Å². The molecule has 33 heavy (non-hydrogen) atoms. The first-order valence-corrected chi connectivity index (χ1v) is 12.0. The van der Waals surface area contributed by atoms with Crippen LogP contribution in [0.15, 0.2) is 17.1 Å². The van der Waals surface area contributed by atoms with Gasteiger partial charge in [0.25, 0.3) is 5.56 Å². The van der Waals surface area contributed by atoms with Crippen LogP contribution < -0.4 is 5.56 Å². The van der Waals surface area contributed by atoms with Crippen LogP contribution in [0.4, 0.5) is 4.79 Å². The predicted octanol–water partition coefficient (Wildman–Crippen LogP) is 4.00. The smallest absolute Gasteiger partial charge is 0.410 e. The molecule has 2 fully saturated rings. The van der Waals surface area contributed by atoms with Crippen LogP contribution in [0.3, 0.4) is 0 Å². The summed E-state index contributed by atoms with van der Waals surface area (Å²) in [5.41, 5.74) is -2.71. The Hall–Kier alpha value is -2.06. The van der Waals surface area contributed by atoms with E-state index in [1.54, 1.807) is 11.8 Å². The number of pyridine rings is 1. The Labute approximate surface area is 199 Å². The summed E-state index contributed by atoms with van der Waals surface area (Å²) in [6.07, 6.45) is 5.72. The molecule has 1 saturated carbocycles. The molecule has 2 heterocycles. The Bertz CT molecular complexity index is 947. The molecule has 1 aromatic rings. The summed E-state index contributed by atoms with van der Waals surface area (Å²) in [6.45, 7) is 8.06. The van der Waals surface area contributed by atoms with Crippen LogP contribution in [-0.2, 0) is 16.0 Å². The Balaban J connectivity index is 1.92. The van der Waals surface area contributed by atoms with Crippen LogP contribution in [-0.4, -0.2) is 57.5 Å². The van der Waals surface area contributed by atoms with Gasteiger partial charge in [-0.05, 0) is 47.0 Å². The van der Waals surface area contributed by atoms with Gasteiger partial charge in [0.1, 0.15) is 5.60 Å². The summed E-state index contributed by atoms with van der Waals surface area (Å²) in [7, 11) is 0. The molecule has 8 nitrogen and oxygen atoms in total. The van der Waals surface area contributed by atoms with Gasteiger partial charge in [-0.2, -0.15) is 0 Å². The van der Waals surface area contributed by atoms with Crippen molar-refractivity contribution in [2.75, 3.05) is 19.7 Å². The van der Waals surface area contributed by atoms with E-state index in [0.717, 1.165) is 32.1 Å². The summed E-state index contributed by atoms with van der Waals surface area (Å²) in [5, 5.41) is 12.0. The molecule has 1 amide bonds. The SMILES string of the molecule is CCOC(=O)c1cn(CC2(O)CCN(C(=O)OC(C)(C)C)CC23CCCCC3)c(=O)cc1Cl. The number of likely N-dealkylation sites (tertiary alicyclic amines) is 1. The number of amides is 1. The van der Waals surface area contributed by atoms with E-state index in [-0.39, 0.29) is 29.8 Å². The van der Waals surface area contributed by atoms with Crippen LogP contribution in [0.1, 0.15) is 76.6 Å². The van der Waals surface area contributed by atoms with E-state index in [4.69, 9.17) is 21.1 Å². The number of hydrogen-bond acceptors (Lipinski definition) is 6. The molecule has 1 spiro atoms. The number of carbonyl (C=O) groups is 2. The number of nitrogens with zero attached hydrogens (tertiary/aromatic N) is 2. The number of ether oxygens (including phenoxy) is 2. The van der Waals surface area contributed by atoms with Crippen molar-refractivity contribution in [2.45, 2.75) is 84.0 Å². The van der Waals surface area contributed by atoms with Gasteiger partial charge in [0.2, 0.25) is 0 Å². The lowest BCUT2D eigenvalue weighted by atomic mass is 9.60. The average molecular weight is 483 g/mol. The Morgan fingerprint density at radius 1 is 1.18 bits per heavy atom. The molecule has 1 N–H and O–H groups in total. The molecule has 0 bridgehead atoms. The second-order valence-electron chi connectivity index (χ2n) is 10.2. The zero-order chi connectivity index (χ0) is 24.4. The van der Waals surface area contributed by atoms with Crippen molar-refractivity contribution in [3.05, 3.63) is 33.2 Å². The number of rotatable bonds is 4. The number of piperidine rings is 1. The lowest BCUT2D eigenvalue weighted by Gasteiger charge is -2.55. The molecular formula is C24H35ClN2O6. The van der Waals surface area contributed by atoms with Crippen molar-refractivity contribution in [2.24, 2.45) is 5.41 Å². The molecule has 3 rings (SSSR count). The number of halogens is 1. The highest BCUT2D eigenvalue weighted by Gasteiger charge is 2.55. The molecule has 1 aromatic heterocycles. The van der Waals surface area contributed by atoms with E-state index in [9.17, 15) is 19.5 Å². The first kappa shape index (κ1) is 25.6. The molecule has 0 aromatic carbocycles. The van der Waals surface area contributed by atoms with E-state index >= 15 is 0 Å². The first-order valence-electron chi connectivity index (χ1n) is 11.7. The highest BCUT2D eigenvalue weighted by molar-refractivity contribution is 6.33. The summed E-state index contributed by atoms with van der Waals surface area (Å²) in [6, 6.07) is 1.18. The molecule has 0 radical (unpaired) electrons. The quantitative estimate of drug-likeness (QED) is 0.651. The lowest BCUT2D eigenvalue weighted by molar-refractivity contribution is -0.157. The topological polar surface area (TPSA) is 98.1 Å². The zero-order valence-corrected chi connectivity index (χ0v) is 20.7.